The molecule has 13 nitrogen and oxygen atoms in total. The maximum Gasteiger partial charge on any atom is 0.317 e. The maximum atomic E-state index is 10.6. The maximum absolute atomic E-state index is 10.6. The van der Waals surface area contributed by atoms with Gasteiger partial charge in [-0.3, -0.25) is 25.2 Å². The Labute approximate surface area is 195 Å². The first-order valence-corrected chi connectivity index (χ1v) is 11.1. The van der Waals surface area contributed by atoms with E-state index in [4.69, 9.17) is 10.8 Å². The summed E-state index contributed by atoms with van der Waals surface area (Å²) < 4.78 is 0. The molecule has 0 bridgehead atoms. The molecule has 2 aromatic rings. The smallest absolute Gasteiger partial charge is 0.317 e. The van der Waals surface area contributed by atoms with Crippen LogP contribution in [0, 0.1) is 13.8 Å². The van der Waals surface area contributed by atoms with Gasteiger partial charge in [0, 0.05) is 13.5 Å². The van der Waals surface area contributed by atoms with E-state index in [0.29, 0.717) is 6.54 Å². The van der Waals surface area contributed by atoms with Crippen LogP contribution in [0.1, 0.15) is 33.9 Å². The minimum Gasteiger partial charge on any atom is -0.480 e. The molecule has 0 spiro atoms. The summed E-state index contributed by atoms with van der Waals surface area (Å²) in [6.07, 6.45) is 1.01. The highest BCUT2D eigenvalue weighted by Crippen LogP contribution is 2.07. The van der Waals surface area contributed by atoms with Gasteiger partial charge >= 0.3 is 5.97 Å². The largest absolute Gasteiger partial charge is 0.480 e. The van der Waals surface area contributed by atoms with Crippen molar-refractivity contribution in [2.24, 2.45) is 5.73 Å². The second-order valence-corrected chi connectivity index (χ2v) is 8.20. The summed E-state index contributed by atoms with van der Waals surface area (Å²) in [6, 6.07) is 0. The van der Waals surface area contributed by atoms with Crippen molar-refractivity contribution < 1.29 is 19.5 Å². The topological polar surface area (TPSA) is 197 Å². The van der Waals surface area contributed by atoms with Crippen LogP contribution >= 0.6 is 22.7 Å². The minimum atomic E-state index is -0.822. The molecule has 0 aromatic carbocycles. The molecule has 0 radical (unpaired) electrons. The highest BCUT2D eigenvalue weighted by Gasteiger charge is 1.97. The number of nitrogens with one attached hydrogen (secondary N) is 4. The molecule has 0 aliphatic heterocycles. The van der Waals surface area contributed by atoms with Crippen molar-refractivity contribution in [3.05, 3.63) is 20.0 Å². The fourth-order valence-electron chi connectivity index (χ4n) is 1.41. The zero-order valence-electron chi connectivity index (χ0n) is 19.2. The van der Waals surface area contributed by atoms with Crippen LogP contribution in [0.5, 0.6) is 0 Å². The molecule has 2 aromatic heterocycles. The van der Waals surface area contributed by atoms with Gasteiger partial charge in [-0.05, 0) is 34.4 Å². The number of hydrazine groups is 1. The number of nitrogens with two attached hydrogens (primary N) is 1. The molecular weight excluding hydrogens is 458 g/mol. The zero-order valence-corrected chi connectivity index (χ0v) is 20.8. The lowest BCUT2D eigenvalue weighted by Crippen LogP contribution is -2.43. The Morgan fingerprint density at radius 2 is 1.41 bits per heavy atom. The van der Waals surface area contributed by atoms with Gasteiger partial charge in [0.05, 0.1) is 13.1 Å². The van der Waals surface area contributed by atoms with Gasteiger partial charge in [-0.15, -0.1) is 43.1 Å². The van der Waals surface area contributed by atoms with Crippen LogP contribution in [0.4, 0.5) is 0 Å². The summed E-state index contributed by atoms with van der Waals surface area (Å²) in [4.78, 5) is 30.3. The molecule has 0 saturated carbocycles. The monoisotopic (exact) mass is 491 g/mol. The van der Waals surface area contributed by atoms with E-state index in [0.717, 1.165) is 26.5 Å². The number of carbonyl (C=O) groups is 3. The number of carboxylic acid groups (broad SMARTS) is 1. The number of hydrogen-bond donors (Lipinski definition) is 6. The van der Waals surface area contributed by atoms with Crippen molar-refractivity contribution >= 4 is 40.5 Å². The molecule has 0 unspecified atom stereocenters. The van der Waals surface area contributed by atoms with Crippen LogP contribution in [0.25, 0.3) is 0 Å². The molecule has 2 amide bonds. The van der Waals surface area contributed by atoms with E-state index in [1.54, 1.807) is 36.8 Å². The number of aryl methyl sites for hydroxylation is 3. The number of carboxylic acids is 1. The first-order valence-electron chi connectivity index (χ1n) is 9.43. The first kappa shape index (κ1) is 31.6. The lowest BCUT2D eigenvalue weighted by atomic mass is 10.5. The predicted octanol–water partition coefficient (Wildman–Crippen LogP) is -0.622. The Morgan fingerprint density at radius 3 is 1.62 bits per heavy atom. The van der Waals surface area contributed by atoms with E-state index in [9.17, 15) is 14.4 Å². The van der Waals surface area contributed by atoms with Gasteiger partial charge in [0.2, 0.25) is 5.91 Å². The molecule has 182 valence electrons. The van der Waals surface area contributed by atoms with Crippen molar-refractivity contribution in [3.63, 3.8) is 0 Å². The quantitative estimate of drug-likeness (QED) is 0.281. The average Bonchev–Trinajstić information content (AvgIpc) is 3.35. The number of carbonyl (C=O) groups excluding carboxylic acids is 2. The molecule has 15 heteroatoms. The van der Waals surface area contributed by atoms with Crippen LogP contribution in [0.3, 0.4) is 0 Å². The van der Waals surface area contributed by atoms with E-state index in [1.165, 1.54) is 6.92 Å². The summed E-state index contributed by atoms with van der Waals surface area (Å²) >= 11 is 3.21. The van der Waals surface area contributed by atoms with Crippen LogP contribution < -0.4 is 27.2 Å². The molecule has 32 heavy (non-hydrogen) atoms. The number of nitrogens with zero attached hydrogens (tertiary/aromatic N) is 4. The summed E-state index contributed by atoms with van der Waals surface area (Å²) in [6.45, 7) is 8.03. The lowest BCUT2D eigenvalue weighted by molar-refractivity contribution is -0.135. The van der Waals surface area contributed by atoms with Gasteiger partial charge in [0.15, 0.2) is 0 Å². The van der Waals surface area contributed by atoms with E-state index in [2.05, 4.69) is 48.8 Å². The van der Waals surface area contributed by atoms with Crippen molar-refractivity contribution in [1.82, 2.24) is 41.9 Å². The first-order chi connectivity index (χ1) is 15.1. The highest BCUT2D eigenvalue weighted by atomic mass is 32.1. The molecule has 0 saturated heterocycles. The molecule has 2 heterocycles. The fourth-order valence-corrected chi connectivity index (χ4v) is 2.65. The van der Waals surface area contributed by atoms with Gasteiger partial charge in [0.25, 0.3) is 5.91 Å². The third kappa shape index (κ3) is 20.7. The van der Waals surface area contributed by atoms with Crippen LogP contribution in [0.2, 0.25) is 0 Å². The van der Waals surface area contributed by atoms with Gasteiger partial charge in [-0.1, -0.05) is 6.92 Å². The molecule has 0 aliphatic rings. The van der Waals surface area contributed by atoms with Gasteiger partial charge in [-0.25, -0.2) is 0 Å². The third-order valence-corrected chi connectivity index (χ3v) is 4.50. The van der Waals surface area contributed by atoms with Crippen molar-refractivity contribution in [2.75, 3.05) is 27.2 Å². The molecule has 0 aliphatic carbocycles. The van der Waals surface area contributed by atoms with Crippen LogP contribution in [-0.2, 0) is 27.3 Å². The second-order valence-electron chi connectivity index (χ2n) is 5.67. The average molecular weight is 492 g/mol. The van der Waals surface area contributed by atoms with Crippen LogP contribution in [0.15, 0.2) is 0 Å². The van der Waals surface area contributed by atoms with E-state index < -0.39 is 5.97 Å². The minimum absolute atomic E-state index is 0.0417. The Kier molecular flexibility index (Phi) is 20.1. The Morgan fingerprint density at radius 1 is 0.906 bits per heavy atom. The normalized spacial score (nSPS) is 9.09. The van der Waals surface area contributed by atoms with Gasteiger partial charge in [-0.2, -0.15) is 0 Å². The standard InChI is InChI=1S/C5H11N3O2.C5H8N2S.C4H7N3S.C3H7NO2/c1-4(9)7-8-5(10)3-6-2;1-3-5-7-6-4(2)8-5;1-3-6-7-4(2-5)8-3;1-4-2-3(5)6/h6H,3H2,1-2H3,(H,7,9)(H,8,10);3H2,1-2H3;2,5H2,1H3;4H,2H2,1H3,(H,5,6). The van der Waals surface area contributed by atoms with Crippen molar-refractivity contribution in [3.8, 4) is 0 Å². The number of rotatable bonds is 6. The number of likely N-dealkylation sites (N-methyl/N-ethyl adjacent to an activating group) is 2. The molecule has 7 N–H and O–H groups in total. The summed E-state index contributed by atoms with van der Waals surface area (Å²) in [5.74, 6) is -1.38. The third-order valence-electron chi connectivity index (χ3n) is 2.66. The summed E-state index contributed by atoms with van der Waals surface area (Å²) in [5.41, 5.74) is 9.60. The van der Waals surface area contributed by atoms with E-state index in [-0.39, 0.29) is 24.9 Å². The number of hydrogen-bond acceptors (Lipinski definition) is 12. The SMILES string of the molecule is CCc1nnc(C)s1.CNCC(=O)NNC(C)=O.CNCC(=O)O.Cc1nnc(CN)s1. The van der Waals surface area contributed by atoms with Gasteiger partial charge < -0.3 is 21.5 Å². The number of aliphatic carboxylic acids is 1. The number of aromatic nitrogens is 4. The number of amides is 2. The zero-order chi connectivity index (χ0) is 24.9. The summed E-state index contributed by atoms with van der Waals surface area (Å²) in [5, 5.41) is 32.3. The second kappa shape index (κ2) is 20.3. The van der Waals surface area contributed by atoms with Gasteiger partial charge in [0.1, 0.15) is 20.0 Å². The predicted molar refractivity (Wildman–Crippen MR) is 124 cm³/mol. The van der Waals surface area contributed by atoms with E-state index >= 15 is 0 Å². The van der Waals surface area contributed by atoms with E-state index in [1.807, 2.05) is 13.8 Å². The highest BCUT2D eigenvalue weighted by molar-refractivity contribution is 7.11. The molecular formula is C17H33N9O4S2. The Balaban J connectivity index is 0. The Bertz CT molecular complexity index is 743. The molecule has 2 rings (SSSR count). The fraction of sp³-hybridized carbons (Fsp3) is 0.588. The summed E-state index contributed by atoms with van der Waals surface area (Å²) in [7, 11) is 3.24. The Hall–Kier alpha value is -2.59. The van der Waals surface area contributed by atoms with Crippen molar-refractivity contribution in [1.29, 1.82) is 0 Å². The lowest BCUT2D eigenvalue weighted by Gasteiger charge is -2.02. The molecule has 0 atom stereocenters. The van der Waals surface area contributed by atoms with Crippen molar-refractivity contribution in [2.45, 2.75) is 40.7 Å². The molecule has 0 fully saturated rings. The van der Waals surface area contributed by atoms with Crippen LogP contribution in [-0.4, -0.2) is 70.5 Å².